The molecule has 0 aliphatic carbocycles. The van der Waals surface area contributed by atoms with E-state index in [-0.39, 0.29) is 24.3 Å². The van der Waals surface area contributed by atoms with Crippen LogP contribution in [0.25, 0.3) is 0 Å². The quantitative estimate of drug-likeness (QED) is 0.632. The van der Waals surface area contributed by atoms with Crippen molar-refractivity contribution in [3.05, 3.63) is 29.3 Å². The van der Waals surface area contributed by atoms with E-state index in [0.717, 1.165) is 5.56 Å². The minimum absolute atomic E-state index is 0.377. The molecule has 0 aromatic heterocycles. The summed E-state index contributed by atoms with van der Waals surface area (Å²) in [6.45, 7) is 8.04. The number of carbonyl (C=O) groups excluding carboxylic acids is 1. The second kappa shape index (κ2) is 5.93. The predicted octanol–water partition coefficient (Wildman–Crippen LogP) is 2.66. The van der Waals surface area contributed by atoms with E-state index in [1.807, 2.05) is 27.7 Å². The van der Waals surface area contributed by atoms with Gasteiger partial charge in [-0.1, -0.05) is 0 Å². The Labute approximate surface area is 132 Å². The average molecular weight is 306 g/mol. The van der Waals surface area contributed by atoms with Gasteiger partial charge in [0.15, 0.2) is 0 Å². The number of hydrogen-bond donors (Lipinski definition) is 0. The number of rotatable bonds is 4. The van der Waals surface area contributed by atoms with Crippen LogP contribution >= 0.6 is 0 Å². The van der Waals surface area contributed by atoms with E-state index in [4.69, 9.17) is 18.8 Å². The number of hydrogen-bond acceptors (Lipinski definition) is 5. The fraction of sp³-hybridized carbons (Fsp3) is 0.562. The van der Waals surface area contributed by atoms with Crippen molar-refractivity contribution in [1.29, 1.82) is 0 Å². The number of esters is 1. The zero-order valence-electron chi connectivity index (χ0n) is 14.1. The third kappa shape index (κ3) is 3.13. The van der Waals surface area contributed by atoms with Crippen molar-refractivity contribution in [2.24, 2.45) is 0 Å². The van der Waals surface area contributed by atoms with Crippen LogP contribution in [0.4, 0.5) is 0 Å². The first-order valence-corrected chi connectivity index (χ1v) is 7.31. The van der Waals surface area contributed by atoms with E-state index in [0.29, 0.717) is 17.6 Å². The molecule has 1 aromatic rings. The van der Waals surface area contributed by atoms with Crippen LogP contribution in [0.15, 0.2) is 18.2 Å². The van der Waals surface area contributed by atoms with Gasteiger partial charge in [-0.15, -0.1) is 0 Å². The summed E-state index contributed by atoms with van der Waals surface area (Å²) in [6.07, 6.45) is 0.501. The van der Waals surface area contributed by atoms with Crippen LogP contribution in [0.3, 0.4) is 0 Å². The van der Waals surface area contributed by atoms with Gasteiger partial charge < -0.3 is 18.8 Å². The molecule has 2 rings (SSSR count). The van der Waals surface area contributed by atoms with Crippen molar-refractivity contribution in [2.75, 3.05) is 14.2 Å². The molecule has 6 heteroatoms. The molecule has 1 aliphatic heterocycles. The molecule has 1 heterocycles. The predicted molar refractivity (Wildman–Crippen MR) is 84.1 cm³/mol. The molecule has 0 radical (unpaired) electrons. The smallest absolute Gasteiger partial charge is 0.462 e. The van der Waals surface area contributed by atoms with Gasteiger partial charge in [0.1, 0.15) is 5.75 Å². The van der Waals surface area contributed by atoms with Crippen LogP contribution in [0.1, 0.15) is 43.6 Å². The molecule has 0 bridgehead atoms. The Hall–Kier alpha value is -1.53. The fourth-order valence-corrected chi connectivity index (χ4v) is 2.41. The van der Waals surface area contributed by atoms with Gasteiger partial charge in [-0.25, -0.2) is 4.79 Å². The molecule has 0 N–H and O–H groups in total. The Morgan fingerprint density at radius 1 is 1.14 bits per heavy atom. The third-order valence-electron chi connectivity index (χ3n) is 4.39. The summed E-state index contributed by atoms with van der Waals surface area (Å²) in [5.41, 5.74) is 0.564. The van der Waals surface area contributed by atoms with Gasteiger partial charge in [0, 0.05) is 6.32 Å². The topological polar surface area (TPSA) is 54.0 Å². The van der Waals surface area contributed by atoms with Crippen molar-refractivity contribution in [3.63, 3.8) is 0 Å². The number of benzene rings is 1. The van der Waals surface area contributed by atoms with Crippen LogP contribution < -0.4 is 4.74 Å². The molecule has 1 saturated heterocycles. The normalized spacial score (nSPS) is 19.1. The van der Waals surface area contributed by atoms with Crippen molar-refractivity contribution in [1.82, 2.24) is 0 Å². The second-order valence-electron chi connectivity index (χ2n) is 6.41. The lowest BCUT2D eigenvalue weighted by molar-refractivity contribution is 0.00578. The average Bonchev–Trinajstić information content (AvgIpc) is 2.65. The van der Waals surface area contributed by atoms with Crippen LogP contribution in [0, 0.1) is 0 Å². The van der Waals surface area contributed by atoms with E-state index in [1.165, 1.54) is 7.11 Å². The molecule has 1 fully saturated rings. The van der Waals surface area contributed by atoms with Gasteiger partial charge in [0.05, 0.1) is 31.0 Å². The highest BCUT2D eigenvalue weighted by Gasteiger charge is 2.50. The van der Waals surface area contributed by atoms with Gasteiger partial charge in [0.25, 0.3) is 0 Å². The first-order chi connectivity index (χ1) is 10.2. The first kappa shape index (κ1) is 16.8. The molecule has 120 valence electrons. The molecular weight excluding hydrogens is 283 g/mol. The number of carbonyl (C=O) groups is 1. The molecule has 5 nitrogen and oxygen atoms in total. The Kier molecular flexibility index (Phi) is 4.54. The Balaban J connectivity index is 2.24. The lowest BCUT2D eigenvalue weighted by Crippen LogP contribution is -2.41. The standard InChI is InChI=1S/C16H23BO5/c1-15(2)16(3,4)22-17(21-15)10-12-9-11(14(18)20-6)7-8-13(12)19-5/h7-9H,10H2,1-6H3. The largest absolute Gasteiger partial charge is 0.497 e. The molecule has 0 spiro atoms. The first-order valence-electron chi connectivity index (χ1n) is 7.31. The SMILES string of the molecule is COC(=O)c1ccc(OC)c(CB2OC(C)(C)C(C)(C)O2)c1. The summed E-state index contributed by atoms with van der Waals surface area (Å²) in [6, 6.07) is 5.20. The molecular formula is C16H23BO5. The minimum atomic E-state index is -0.384. The van der Waals surface area contributed by atoms with Gasteiger partial charge in [-0.2, -0.15) is 0 Å². The minimum Gasteiger partial charge on any atom is -0.497 e. The second-order valence-corrected chi connectivity index (χ2v) is 6.41. The monoisotopic (exact) mass is 306 g/mol. The summed E-state index contributed by atoms with van der Waals surface area (Å²) < 4.78 is 22.1. The van der Waals surface area contributed by atoms with E-state index in [9.17, 15) is 4.79 Å². The maximum absolute atomic E-state index is 11.7. The Morgan fingerprint density at radius 2 is 1.73 bits per heavy atom. The van der Waals surface area contributed by atoms with Crippen molar-refractivity contribution < 1.29 is 23.6 Å². The Bertz CT molecular complexity index is 552. The highest BCUT2D eigenvalue weighted by Crippen LogP contribution is 2.38. The van der Waals surface area contributed by atoms with Crippen LogP contribution in [0.2, 0.25) is 0 Å². The molecule has 1 aromatic carbocycles. The molecule has 0 saturated carbocycles. The third-order valence-corrected chi connectivity index (χ3v) is 4.39. The number of methoxy groups -OCH3 is 2. The van der Waals surface area contributed by atoms with E-state index in [1.54, 1.807) is 25.3 Å². The van der Waals surface area contributed by atoms with E-state index < -0.39 is 0 Å². The van der Waals surface area contributed by atoms with Gasteiger partial charge in [0.2, 0.25) is 0 Å². The maximum Gasteiger partial charge on any atom is 0.462 e. The maximum atomic E-state index is 11.7. The summed E-state index contributed by atoms with van der Waals surface area (Å²) in [5.74, 6) is 0.320. The molecule has 0 amide bonds. The highest BCUT2D eigenvalue weighted by molar-refractivity contribution is 6.45. The summed E-state index contributed by atoms with van der Waals surface area (Å²) in [5, 5.41) is 0. The van der Waals surface area contributed by atoms with Crippen molar-refractivity contribution >= 4 is 13.1 Å². The van der Waals surface area contributed by atoms with E-state index >= 15 is 0 Å². The molecule has 0 unspecified atom stereocenters. The lowest BCUT2D eigenvalue weighted by Gasteiger charge is -2.32. The van der Waals surface area contributed by atoms with Gasteiger partial charge in [-0.3, -0.25) is 0 Å². The molecule has 22 heavy (non-hydrogen) atoms. The zero-order chi connectivity index (χ0) is 16.5. The van der Waals surface area contributed by atoms with Gasteiger partial charge in [-0.05, 0) is 51.5 Å². The van der Waals surface area contributed by atoms with Gasteiger partial charge >= 0.3 is 13.1 Å². The number of ether oxygens (including phenoxy) is 2. The van der Waals surface area contributed by atoms with Crippen LogP contribution in [-0.4, -0.2) is 38.5 Å². The van der Waals surface area contributed by atoms with Crippen molar-refractivity contribution in [2.45, 2.75) is 45.2 Å². The summed E-state index contributed by atoms with van der Waals surface area (Å²) >= 11 is 0. The Morgan fingerprint density at radius 3 is 2.23 bits per heavy atom. The summed E-state index contributed by atoms with van der Waals surface area (Å²) in [7, 11) is 2.58. The van der Waals surface area contributed by atoms with Crippen LogP contribution in [-0.2, 0) is 20.4 Å². The highest BCUT2D eigenvalue weighted by atomic mass is 16.7. The zero-order valence-corrected chi connectivity index (χ0v) is 14.1. The summed E-state index contributed by atoms with van der Waals surface area (Å²) in [4.78, 5) is 11.7. The lowest BCUT2D eigenvalue weighted by atomic mass is 9.80. The molecule has 0 atom stereocenters. The van der Waals surface area contributed by atoms with Crippen LogP contribution in [0.5, 0.6) is 5.75 Å². The fourth-order valence-electron chi connectivity index (χ4n) is 2.41. The van der Waals surface area contributed by atoms with E-state index in [2.05, 4.69) is 0 Å². The van der Waals surface area contributed by atoms with Crippen molar-refractivity contribution in [3.8, 4) is 5.75 Å². The molecule has 1 aliphatic rings.